The van der Waals surface area contributed by atoms with Crippen molar-refractivity contribution in [1.29, 1.82) is 0 Å². The summed E-state index contributed by atoms with van der Waals surface area (Å²) in [7, 11) is 0. The molecule has 7 heteroatoms. The molecule has 1 aliphatic heterocycles. The minimum Gasteiger partial charge on any atom is -0.354 e. The number of amides is 3. The molecule has 23 heavy (non-hydrogen) atoms. The molecule has 0 bridgehead atoms. The van der Waals surface area contributed by atoms with Gasteiger partial charge in [-0.3, -0.25) is 14.4 Å². The molecular formula is C16H27N3O3S. The third-order valence-electron chi connectivity index (χ3n) is 4.30. The number of thioether (sulfide) groups is 1. The number of nitrogens with one attached hydrogen (secondary N) is 2. The summed E-state index contributed by atoms with van der Waals surface area (Å²) in [6, 6.07) is 0.331. The van der Waals surface area contributed by atoms with Gasteiger partial charge in [-0.1, -0.05) is 19.8 Å². The molecule has 1 atom stereocenters. The average molecular weight is 341 g/mol. The molecule has 2 N–H and O–H groups in total. The summed E-state index contributed by atoms with van der Waals surface area (Å²) in [6.07, 6.45) is 5.15. The van der Waals surface area contributed by atoms with Gasteiger partial charge >= 0.3 is 0 Å². The minimum atomic E-state index is -0.0802. The molecule has 0 spiro atoms. The topological polar surface area (TPSA) is 78.5 Å². The van der Waals surface area contributed by atoms with Crippen molar-refractivity contribution in [2.45, 2.75) is 45.1 Å². The normalized spacial score (nSPS) is 21.7. The highest BCUT2D eigenvalue weighted by atomic mass is 32.2. The van der Waals surface area contributed by atoms with E-state index in [-0.39, 0.29) is 23.5 Å². The van der Waals surface area contributed by atoms with E-state index in [1.54, 1.807) is 4.90 Å². The van der Waals surface area contributed by atoms with Gasteiger partial charge in [0.2, 0.25) is 17.7 Å². The van der Waals surface area contributed by atoms with Crippen molar-refractivity contribution in [2.24, 2.45) is 5.92 Å². The van der Waals surface area contributed by atoms with Crippen LogP contribution in [0.25, 0.3) is 0 Å². The molecule has 0 aromatic heterocycles. The Bertz CT molecular complexity index is 438. The van der Waals surface area contributed by atoms with Crippen molar-refractivity contribution in [3.63, 3.8) is 0 Å². The standard InChI is InChI=1S/C16H27N3O3S/c1-12-8-16(22)19(9-12)7-6-17-14(20)10-23-11-15(21)18-13-4-2-3-5-13/h12-13H,2-11H2,1H3,(H,17,20)(H,18,21)/t12-/m1/s1. The monoisotopic (exact) mass is 341 g/mol. The summed E-state index contributed by atoms with van der Waals surface area (Å²) in [4.78, 5) is 36.9. The van der Waals surface area contributed by atoms with Crippen molar-refractivity contribution < 1.29 is 14.4 Å². The third kappa shape index (κ3) is 6.41. The number of nitrogens with zero attached hydrogens (tertiary/aromatic N) is 1. The Morgan fingerprint density at radius 2 is 1.91 bits per heavy atom. The third-order valence-corrected chi connectivity index (χ3v) is 5.23. The molecule has 2 fully saturated rings. The summed E-state index contributed by atoms with van der Waals surface area (Å²) in [5.74, 6) is 1.13. The lowest BCUT2D eigenvalue weighted by atomic mass is 10.2. The molecule has 6 nitrogen and oxygen atoms in total. The molecule has 1 saturated carbocycles. The van der Waals surface area contributed by atoms with E-state index >= 15 is 0 Å². The molecule has 2 aliphatic rings. The Hall–Kier alpha value is -1.24. The van der Waals surface area contributed by atoms with Crippen molar-refractivity contribution >= 4 is 29.5 Å². The van der Waals surface area contributed by atoms with Gasteiger partial charge in [0.1, 0.15) is 0 Å². The van der Waals surface area contributed by atoms with Crippen LogP contribution in [0.5, 0.6) is 0 Å². The van der Waals surface area contributed by atoms with Gasteiger partial charge in [-0.2, -0.15) is 0 Å². The van der Waals surface area contributed by atoms with Crippen LogP contribution in [0.2, 0.25) is 0 Å². The highest BCUT2D eigenvalue weighted by Gasteiger charge is 2.25. The zero-order valence-corrected chi connectivity index (χ0v) is 14.6. The van der Waals surface area contributed by atoms with Gasteiger partial charge in [0.05, 0.1) is 11.5 Å². The van der Waals surface area contributed by atoms with Crippen LogP contribution in [-0.2, 0) is 14.4 Å². The van der Waals surface area contributed by atoms with Gasteiger partial charge in [-0.25, -0.2) is 0 Å². The van der Waals surface area contributed by atoms with Crippen LogP contribution in [0.4, 0.5) is 0 Å². The quantitative estimate of drug-likeness (QED) is 0.683. The maximum atomic E-state index is 11.7. The lowest BCUT2D eigenvalue weighted by molar-refractivity contribution is -0.128. The highest BCUT2D eigenvalue weighted by Crippen LogP contribution is 2.17. The molecule has 0 radical (unpaired) electrons. The van der Waals surface area contributed by atoms with Gasteiger partial charge in [-0.15, -0.1) is 11.8 Å². The average Bonchev–Trinajstić information content (AvgIpc) is 3.09. The minimum absolute atomic E-state index is 0.0198. The molecule has 0 unspecified atom stereocenters. The zero-order valence-electron chi connectivity index (χ0n) is 13.8. The van der Waals surface area contributed by atoms with E-state index in [1.807, 2.05) is 0 Å². The van der Waals surface area contributed by atoms with Gasteiger partial charge < -0.3 is 15.5 Å². The predicted molar refractivity (Wildman–Crippen MR) is 91.1 cm³/mol. The number of hydrogen-bond acceptors (Lipinski definition) is 4. The number of likely N-dealkylation sites (tertiary alicyclic amines) is 1. The van der Waals surface area contributed by atoms with Crippen LogP contribution in [-0.4, -0.2) is 59.8 Å². The largest absolute Gasteiger partial charge is 0.354 e. The molecule has 130 valence electrons. The Morgan fingerprint density at radius 3 is 2.57 bits per heavy atom. The lowest BCUT2D eigenvalue weighted by Crippen LogP contribution is -2.37. The Morgan fingerprint density at radius 1 is 1.22 bits per heavy atom. The van der Waals surface area contributed by atoms with E-state index < -0.39 is 0 Å². The van der Waals surface area contributed by atoms with Crippen LogP contribution in [0, 0.1) is 5.92 Å². The molecule has 1 heterocycles. The molecule has 2 rings (SSSR count). The SMILES string of the molecule is C[C@@H]1CC(=O)N(CCNC(=O)CSCC(=O)NC2CCCC2)C1. The fourth-order valence-electron chi connectivity index (χ4n) is 3.14. The smallest absolute Gasteiger partial charge is 0.230 e. The fourth-order valence-corrected chi connectivity index (χ4v) is 3.80. The first-order valence-corrected chi connectivity index (χ1v) is 9.61. The van der Waals surface area contributed by atoms with E-state index in [0.29, 0.717) is 37.2 Å². The van der Waals surface area contributed by atoms with Crippen molar-refractivity contribution in [3.05, 3.63) is 0 Å². The fraction of sp³-hybridized carbons (Fsp3) is 0.812. The highest BCUT2D eigenvalue weighted by molar-refractivity contribution is 8.00. The van der Waals surface area contributed by atoms with Crippen LogP contribution >= 0.6 is 11.8 Å². The first-order valence-electron chi connectivity index (χ1n) is 8.46. The summed E-state index contributed by atoms with van der Waals surface area (Å²) in [6.45, 7) is 3.89. The van der Waals surface area contributed by atoms with Gasteiger partial charge in [0.15, 0.2) is 0 Å². The van der Waals surface area contributed by atoms with Crippen molar-refractivity contribution in [3.8, 4) is 0 Å². The second-order valence-electron chi connectivity index (χ2n) is 6.54. The van der Waals surface area contributed by atoms with Crippen LogP contribution < -0.4 is 10.6 Å². The molecule has 3 amide bonds. The van der Waals surface area contributed by atoms with Crippen molar-refractivity contribution in [1.82, 2.24) is 15.5 Å². The van der Waals surface area contributed by atoms with E-state index in [1.165, 1.54) is 24.6 Å². The molecule has 0 aromatic carbocycles. The Labute approximate surface area is 142 Å². The first-order chi connectivity index (χ1) is 11.0. The van der Waals surface area contributed by atoms with E-state index in [0.717, 1.165) is 19.4 Å². The second-order valence-corrected chi connectivity index (χ2v) is 7.53. The lowest BCUT2D eigenvalue weighted by Gasteiger charge is -2.16. The second kappa shape index (κ2) is 9.15. The molecule has 1 saturated heterocycles. The number of carbonyl (C=O) groups is 3. The van der Waals surface area contributed by atoms with Crippen LogP contribution in [0.3, 0.4) is 0 Å². The summed E-state index contributed by atoms with van der Waals surface area (Å²) in [5.41, 5.74) is 0. The van der Waals surface area contributed by atoms with Gasteiger partial charge in [-0.05, 0) is 18.8 Å². The zero-order chi connectivity index (χ0) is 16.7. The Kier molecular flexibility index (Phi) is 7.20. The first kappa shape index (κ1) is 18.1. The number of carbonyl (C=O) groups excluding carboxylic acids is 3. The number of rotatable bonds is 8. The molecular weight excluding hydrogens is 314 g/mol. The maximum absolute atomic E-state index is 11.7. The van der Waals surface area contributed by atoms with Crippen molar-refractivity contribution in [2.75, 3.05) is 31.1 Å². The molecule has 1 aliphatic carbocycles. The Balaban J connectivity index is 1.49. The molecule has 0 aromatic rings. The predicted octanol–water partition coefficient (Wildman–Crippen LogP) is 0.763. The summed E-state index contributed by atoms with van der Waals surface area (Å²) >= 11 is 1.33. The van der Waals surface area contributed by atoms with E-state index in [2.05, 4.69) is 17.6 Å². The number of hydrogen-bond donors (Lipinski definition) is 2. The van der Waals surface area contributed by atoms with E-state index in [4.69, 9.17) is 0 Å². The van der Waals surface area contributed by atoms with Gasteiger partial charge in [0, 0.05) is 32.1 Å². The summed E-state index contributed by atoms with van der Waals surface area (Å²) in [5, 5.41) is 5.81. The summed E-state index contributed by atoms with van der Waals surface area (Å²) < 4.78 is 0. The van der Waals surface area contributed by atoms with Gasteiger partial charge in [0.25, 0.3) is 0 Å². The van der Waals surface area contributed by atoms with Crippen LogP contribution in [0.15, 0.2) is 0 Å². The van der Waals surface area contributed by atoms with Crippen LogP contribution in [0.1, 0.15) is 39.0 Å². The maximum Gasteiger partial charge on any atom is 0.230 e. The van der Waals surface area contributed by atoms with E-state index in [9.17, 15) is 14.4 Å².